The van der Waals surface area contributed by atoms with Gasteiger partial charge >= 0.3 is 0 Å². The van der Waals surface area contributed by atoms with Crippen LogP contribution in [-0.4, -0.2) is 6.54 Å². The van der Waals surface area contributed by atoms with Crippen molar-refractivity contribution in [1.82, 2.24) is 0 Å². The molecule has 0 bridgehead atoms. The van der Waals surface area contributed by atoms with Gasteiger partial charge in [-0.25, -0.2) is 0 Å². The minimum atomic E-state index is 0.794. The average molecular weight is 386 g/mol. The molecule has 0 saturated carbocycles. The molecule has 0 heterocycles. The van der Waals surface area contributed by atoms with Crippen molar-refractivity contribution in [2.75, 3.05) is 6.54 Å². The molecule has 0 unspecified atom stereocenters. The number of hydrogen-bond acceptors (Lipinski definition) is 1. The summed E-state index contributed by atoms with van der Waals surface area (Å²) in [6.07, 6.45) is 23.6. The number of rotatable bonds is 15. The Morgan fingerprint density at radius 2 is 0.821 bits per heavy atom. The van der Waals surface area contributed by atoms with Crippen LogP contribution in [0.3, 0.4) is 0 Å². The minimum Gasteiger partial charge on any atom is -0.330 e. The van der Waals surface area contributed by atoms with E-state index in [0.29, 0.717) is 0 Å². The molecule has 0 aliphatic carbocycles. The molecule has 0 aromatic rings. The molecular weight excluding hydrogens is 338 g/mol. The lowest BCUT2D eigenvalue weighted by atomic mass is 10.0. The predicted molar refractivity (Wildman–Crippen MR) is 130 cm³/mol. The zero-order valence-electron chi connectivity index (χ0n) is 19.7. The highest BCUT2D eigenvalue weighted by Crippen LogP contribution is 2.15. The van der Waals surface area contributed by atoms with Crippen LogP contribution in [0.15, 0.2) is 58.2 Å². The first-order chi connectivity index (χ1) is 13.3. The molecule has 28 heavy (non-hydrogen) atoms. The summed E-state index contributed by atoms with van der Waals surface area (Å²) in [6.45, 7) is 14.2. The molecule has 0 saturated heterocycles. The average Bonchev–Trinajstić information content (AvgIpc) is 2.61. The van der Waals surface area contributed by atoms with Crippen molar-refractivity contribution in [2.24, 2.45) is 5.73 Å². The zero-order valence-corrected chi connectivity index (χ0v) is 19.7. The molecule has 0 aromatic heterocycles. The van der Waals surface area contributed by atoms with Crippen molar-refractivity contribution in [3.8, 4) is 0 Å². The van der Waals surface area contributed by atoms with Crippen molar-refractivity contribution in [3.63, 3.8) is 0 Å². The van der Waals surface area contributed by atoms with Crippen LogP contribution in [0.4, 0.5) is 0 Å². The van der Waals surface area contributed by atoms with Gasteiger partial charge in [0, 0.05) is 0 Å². The van der Waals surface area contributed by atoms with E-state index >= 15 is 0 Å². The molecule has 0 fully saturated rings. The van der Waals surface area contributed by atoms with Crippen molar-refractivity contribution < 1.29 is 0 Å². The molecule has 0 aliphatic rings. The second-order valence-electron chi connectivity index (χ2n) is 8.57. The summed E-state index contributed by atoms with van der Waals surface area (Å²) in [5, 5.41) is 0. The van der Waals surface area contributed by atoms with E-state index in [1.807, 2.05) is 0 Å². The van der Waals surface area contributed by atoms with Crippen LogP contribution in [0.25, 0.3) is 0 Å². The van der Waals surface area contributed by atoms with E-state index in [0.717, 1.165) is 25.8 Å². The first-order valence-electron chi connectivity index (χ1n) is 11.3. The van der Waals surface area contributed by atoms with E-state index in [9.17, 15) is 0 Å². The van der Waals surface area contributed by atoms with E-state index in [4.69, 9.17) is 5.73 Å². The summed E-state index contributed by atoms with van der Waals surface area (Å²) in [6, 6.07) is 0. The topological polar surface area (TPSA) is 26.0 Å². The van der Waals surface area contributed by atoms with E-state index in [-0.39, 0.29) is 0 Å². The van der Waals surface area contributed by atoms with Gasteiger partial charge in [-0.05, 0) is 112 Å². The summed E-state index contributed by atoms with van der Waals surface area (Å²) in [7, 11) is 0. The Hall–Kier alpha value is -1.34. The van der Waals surface area contributed by atoms with Crippen LogP contribution >= 0.6 is 0 Å². The molecule has 160 valence electrons. The molecule has 0 spiro atoms. The predicted octanol–water partition coefficient (Wildman–Crippen LogP) is 8.60. The van der Waals surface area contributed by atoms with Crippen LogP contribution in [0.5, 0.6) is 0 Å². The standard InChI is InChI=1S/C27H47N/c1-23(2)13-9-15-25(4)17-11-19-27(6)21-12-20-26(5)18-10-16-24(3)14-7-8-22-28/h13-14,17-18,21H,7-12,15-16,19-20,22,28H2,1-6H3/b24-14+,25-17+,26-18+,27-21+. The summed E-state index contributed by atoms with van der Waals surface area (Å²) in [4.78, 5) is 0. The fourth-order valence-electron chi connectivity index (χ4n) is 3.10. The third-order valence-electron chi connectivity index (χ3n) is 5.09. The van der Waals surface area contributed by atoms with Gasteiger partial charge < -0.3 is 5.73 Å². The molecule has 0 radical (unpaired) electrons. The first kappa shape index (κ1) is 26.7. The fourth-order valence-corrected chi connectivity index (χ4v) is 3.10. The van der Waals surface area contributed by atoms with Crippen LogP contribution < -0.4 is 5.73 Å². The Morgan fingerprint density at radius 3 is 1.14 bits per heavy atom. The number of allylic oxidation sites excluding steroid dienone is 10. The second kappa shape index (κ2) is 17.7. The maximum atomic E-state index is 5.54. The smallest absolute Gasteiger partial charge is 0.00743 e. The Balaban J connectivity index is 4.03. The fraction of sp³-hybridized carbons (Fsp3) is 0.630. The van der Waals surface area contributed by atoms with Crippen LogP contribution in [-0.2, 0) is 0 Å². The molecule has 0 aliphatic heterocycles. The van der Waals surface area contributed by atoms with Gasteiger partial charge in [0.1, 0.15) is 0 Å². The van der Waals surface area contributed by atoms with Crippen molar-refractivity contribution in [1.29, 1.82) is 0 Å². The lowest BCUT2D eigenvalue weighted by molar-refractivity contribution is 0.838. The third kappa shape index (κ3) is 18.0. The highest BCUT2D eigenvalue weighted by Gasteiger charge is 1.94. The van der Waals surface area contributed by atoms with Gasteiger partial charge in [0.2, 0.25) is 0 Å². The second-order valence-corrected chi connectivity index (χ2v) is 8.57. The van der Waals surface area contributed by atoms with Gasteiger partial charge in [0.05, 0.1) is 0 Å². The van der Waals surface area contributed by atoms with Crippen LogP contribution in [0.1, 0.15) is 106 Å². The summed E-state index contributed by atoms with van der Waals surface area (Å²) < 4.78 is 0. The summed E-state index contributed by atoms with van der Waals surface area (Å²) in [5.41, 5.74) is 13.0. The van der Waals surface area contributed by atoms with Crippen molar-refractivity contribution in [3.05, 3.63) is 58.2 Å². The molecule has 0 amide bonds. The van der Waals surface area contributed by atoms with Gasteiger partial charge in [-0.2, -0.15) is 0 Å². The molecule has 1 nitrogen and oxygen atoms in total. The third-order valence-corrected chi connectivity index (χ3v) is 5.09. The van der Waals surface area contributed by atoms with E-state index < -0.39 is 0 Å². The molecule has 0 rings (SSSR count). The molecular formula is C27H47N. The normalized spacial score (nSPS) is 13.8. The highest BCUT2D eigenvalue weighted by molar-refractivity contribution is 5.08. The van der Waals surface area contributed by atoms with Crippen molar-refractivity contribution >= 4 is 0 Å². The van der Waals surface area contributed by atoms with Gasteiger partial charge in [-0.3, -0.25) is 0 Å². The lowest BCUT2D eigenvalue weighted by Gasteiger charge is -2.03. The summed E-state index contributed by atoms with van der Waals surface area (Å²) >= 11 is 0. The van der Waals surface area contributed by atoms with E-state index in [1.54, 1.807) is 0 Å². The van der Waals surface area contributed by atoms with Gasteiger partial charge in [0.15, 0.2) is 0 Å². The van der Waals surface area contributed by atoms with Crippen molar-refractivity contribution in [2.45, 2.75) is 106 Å². The van der Waals surface area contributed by atoms with Gasteiger partial charge in [-0.1, -0.05) is 58.2 Å². The number of unbranched alkanes of at least 4 members (excludes halogenated alkanes) is 1. The number of nitrogens with two attached hydrogens (primary N) is 1. The van der Waals surface area contributed by atoms with E-state index in [1.165, 1.54) is 72.8 Å². The van der Waals surface area contributed by atoms with Gasteiger partial charge in [0.25, 0.3) is 0 Å². The molecule has 0 aromatic carbocycles. The lowest BCUT2D eigenvalue weighted by Crippen LogP contribution is -1.96. The van der Waals surface area contributed by atoms with Gasteiger partial charge in [-0.15, -0.1) is 0 Å². The highest BCUT2D eigenvalue weighted by atomic mass is 14.5. The Morgan fingerprint density at radius 1 is 0.500 bits per heavy atom. The zero-order chi connectivity index (χ0) is 21.2. The van der Waals surface area contributed by atoms with Crippen LogP contribution in [0.2, 0.25) is 0 Å². The SMILES string of the molecule is CC(C)=CCC/C(C)=C/CC/C(C)=C/CC/C(C)=C/CC/C(C)=C/CCCN. The Bertz CT molecular complexity index is 551. The summed E-state index contributed by atoms with van der Waals surface area (Å²) in [5.74, 6) is 0. The molecule has 1 heteroatoms. The maximum Gasteiger partial charge on any atom is -0.00743 e. The van der Waals surface area contributed by atoms with Crippen LogP contribution in [0, 0.1) is 0 Å². The first-order valence-corrected chi connectivity index (χ1v) is 11.3. The van der Waals surface area contributed by atoms with E-state index in [2.05, 4.69) is 71.9 Å². The number of hydrogen-bond donors (Lipinski definition) is 1. The largest absolute Gasteiger partial charge is 0.330 e. The molecule has 0 atom stereocenters. The quantitative estimate of drug-likeness (QED) is 0.221. The monoisotopic (exact) mass is 385 g/mol. The molecule has 2 N–H and O–H groups in total. The Labute approximate surface area is 176 Å². The minimum absolute atomic E-state index is 0.794. The Kier molecular flexibility index (Phi) is 16.9. The maximum absolute atomic E-state index is 5.54.